The number of hydrogen-bond acceptors (Lipinski definition) is 0. The molecule has 0 spiro atoms. The van der Waals surface area contributed by atoms with Crippen molar-refractivity contribution in [3.05, 3.63) is 0 Å². The highest BCUT2D eigenvalue weighted by Gasteiger charge is 2.63. The maximum atomic E-state index is 13.3. The molecule has 0 nitrogen and oxygen atoms in total. The minimum atomic E-state index is -5.39. The molecule has 0 radical (unpaired) electrons. The lowest BCUT2D eigenvalue weighted by atomic mass is 9.48. The van der Waals surface area contributed by atoms with Crippen molar-refractivity contribution in [2.24, 2.45) is 23.2 Å². The number of rotatable bonds is 2. The van der Waals surface area contributed by atoms with Crippen LogP contribution in [-0.2, 0) is 0 Å². The molecule has 0 unspecified atom stereocenters. The van der Waals surface area contributed by atoms with Crippen LogP contribution in [0, 0.1) is 23.2 Å². The van der Waals surface area contributed by atoms with Gasteiger partial charge >= 0.3 is 12.1 Å². The van der Waals surface area contributed by atoms with Crippen molar-refractivity contribution in [1.29, 1.82) is 0 Å². The minimum Gasteiger partial charge on any atom is -0.196 e. The molecule has 0 aromatic rings. The number of hydrogen-bond donors (Lipinski definition) is 0. The molecule has 0 aliphatic heterocycles. The van der Waals surface area contributed by atoms with E-state index in [1.165, 1.54) is 0 Å². The van der Waals surface area contributed by atoms with E-state index in [0.29, 0.717) is 37.0 Å². The molecule has 4 aliphatic carbocycles. The second-order valence-electron chi connectivity index (χ2n) is 6.80. The van der Waals surface area contributed by atoms with E-state index in [9.17, 15) is 22.0 Å². The highest BCUT2D eigenvalue weighted by Crippen LogP contribution is 2.63. The number of halogens is 5. The third kappa shape index (κ3) is 1.94. The van der Waals surface area contributed by atoms with Gasteiger partial charge in [-0.1, -0.05) is 0 Å². The Balaban J connectivity index is 1.80. The highest BCUT2D eigenvalue weighted by atomic mass is 19.4. The smallest absolute Gasteiger partial charge is 0.196 e. The summed E-state index contributed by atoms with van der Waals surface area (Å²) in [5, 5.41) is 0. The van der Waals surface area contributed by atoms with E-state index < -0.39 is 23.9 Å². The fraction of sp³-hybridized carbons (Fsp3) is 1.00. The Labute approximate surface area is 103 Å². The first-order valence-electron chi connectivity index (χ1n) is 6.64. The minimum absolute atomic E-state index is 0.403. The van der Waals surface area contributed by atoms with Crippen LogP contribution in [0.15, 0.2) is 0 Å². The van der Waals surface area contributed by atoms with Crippen LogP contribution in [-0.4, -0.2) is 12.1 Å². The summed E-state index contributed by atoms with van der Waals surface area (Å²) in [5.74, 6) is -3.31. The van der Waals surface area contributed by atoms with Crippen LogP contribution < -0.4 is 0 Å². The predicted molar refractivity (Wildman–Crippen MR) is 56.2 cm³/mol. The van der Waals surface area contributed by atoms with Gasteiger partial charge in [0, 0.05) is 6.42 Å². The van der Waals surface area contributed by atoms with Crippen LogP contribution in [0.25, 0.3) is 0 Å². The van der Waals surface area contributed by atoms with Crippen molar-refractivity contribution in [3.8, 4) is 0 Å². The first-order valence-corrected chi connectivity index (χ1v) is 6.64. The van der Waals surface area contributed by atoms with E-state index in [1.54, 1.807) is 0 Å². The zero-order chi connectivity index (χ0) is 13.2. The SMILES string of the molecule is FC(F)(F)C(F)(F)CC12CC3CC(CC(C3)C1)C2. The lowest BCUT2D eigenvalue weighted by Crippen LogP contribution is -2.51. The zero-order valence-electron chi connectivity index (χ0n) is 10.1. The predicted octanol–water partition coefficient (Wildman–Crippen LogP) is 4.79. The van der Waals surface area contributed by atoms with Gasteiger partial charge in [-0.3, -0.25) is 0 Å². The lowest BCUT2D eigenvalue weighted by molar-refractivity contribution is -0.298. The van der Waals surface area contributed by atoms with Gasteiger partial charge in [0.15, 0.2) is 0 Å². The molecule has 0 aromatic heterocycles. The van der Waals surface area contributed by atoms with E-state index in [2.05, 4.69) is 0 Å². The summed E-state index contributed by atoms with van der Waals surface area (Å²) in [7, 11) is 0. The van der Waals surface area contributed by atoms with E-state index in [-0.39, 0.29) is 0 Å². The van der Waals surface area contributed by atoms with Crippen molar-refractivity contribution in [2.75, 3.05) is 0 Å². The molecule has 0 amide bonds. The monoisotopic (exact) mass is 268 g/mol. The summed E-state index contributed by atoms with van der Waals surface area (Å²) in [6.07, 6.45) is -1.45. The largest absolute Gasteiger partial charge is 0.453 e. The van der Waals surface area contributed by atoms with Gasteiger partial charge in [0.1, 0.15) is 0 Å². The van der Waals surface area contributed by atoms with Crippen LogP contribution >= 0.6 is 0 Å². The van der Waals surface area contributed by atoms with Crippen molar-refractivity contribution in [3.63, 3.8) is 0 Å². The van der Waals surface area contributed by atoms with Gasteiger partial charge in [-0.25, -0.2) is 0 Å². The van der Waals surface area contributed by atoms with Gasteiger partial charge in [0.2, 0.25) is 0 Å². The zero-order valence-corrected chi connectivity index (χ0v) is 10.1. The van der Waals surface area contributed by atoms with Crippen LogP contribution in [0.4, 0.5) is 22.0 Å². The molecule has 104 valence electrons. The Kier molecular flexibility index (Phi) is 2.54. The summed E-state index contributed by atoms with van der Waals surface area (Å²) >= 11 is 0. The van der Waals surface area contributed by atoms with Crippen molar-refractivity contribution >= 4 is 0 Å². The van der Waals surface area contributed by atoms with E-state index >= 15 is 0 Å². The van der Waals surface area contributed by atoms with Gasteiger partial charge < -0.3 is 0 Å². The Morgan fingerprint density at radius 2 is 1.17 bits per heavy atom. The first kappa shape index (κ1) is 12.7. The fourth-order valence-corrected chi connectivity index (χ4v) is 5.08. The first-order chi connectivity index (χ1) is 8.19. The molecule has 4 aliphatic rings. The van der Waals surface area contributed by atoms with Gasteiger partial charge in [-0.15, -0.1) is 0 Å². The standard InChI is InChI=1S/C13H17F5/c14-12(15,13(16,17)18)7-11-4-8-1-9(5-11)3-10(2-8)6-11/h8-10H,1-7H2. The van der Waals surface area contributed by atoms with Crippen LogP contribution in [0.3, 0.4) is 0 Å². The Morgan fingerprint density at radius 3 is 1.50 bits per heavy atom. The molecule has 4 fully saturated rings. The molecule has 18 heavy (non-hydrogen) atoms. The van der Waals surface area contributed by atoms with Gasteiger partial charge in [0.05, 0.1) is 0 Å². The molecule has 4 bridgehead atoms. The van der Waals surface area contributed by atoms with Crippen molar-refractivity contribution in [2.45, 2.75) is 57.0 Å². The lowest BCUT2D eigenvalue weighted by Gasteiger charge is -2.57. The van der Waals surface area contributed by atoms with Crippen molar-refractivity contribution < 1.29 is 22.0 Å². The van der Waals surface area contributed by atoms with E-state index in [4.69, 9.17) is 0 Å². The highest BCUT2D eigenvalue weighted by molar-refractivity contribution is 5.03. The summed E-state index contributed by atoms with van der Waals surface area (Å²) < 4.78 is 63.7. The Morgan fingerprint density at radius 1 is 0.778 bits per heavy atom. The quantitative estimate of drug-likeness (QED) is 0.632. The van der Waals surface area contributed by atoms with Crippen LogP contribution in [0.1, 0.15) is 44.9 Å². The molecule has 5 heteroatoms. The molecule has 4 saturated carbocycles. The average molecular weight is 268 g/mol. The molecular weight excluding hydrogens is 251 g/mol. The summed E-state index contributed by atoms with van der Waals surface area (Å²) in [6, 6.07) is 0. The van der Waals surface area contributed by atoms with E-state index in [1.807, 2.05) is 0 Å². The number of alkyl halides is 5. The van der Waals surface area contributed by atoms with Crippen LogP contribution in [0.5, 0.6) is 0 Å². The van der Waals surface area contributed by atoms with Gasteiger partial charge in [-0.2, -0.15) is 22.0 Å². The second-order valence-corrected chi connectivity index (χ2v) is 6.80. The molecule has 0 heterocycles. The maximum absolute atomic E-state index is 13.3. The molecular formula is C13H17F5. The van der Waals surface area contributed by atoms with Gasteiger partial charge in [0.25, 0.3) is 0 Å². The Hall–Kier alpha value is -0.350. The van der Waals surface area contributed by atoms with Crippen LogP contribution in [0.2, 0.25) is 0 Å². The summed E-state index contributed by atoms with van der Waals surface area (Å²) in [5.41, 5.74) is -0.728. The normalized spacial score (nSPS) is 43.5. The molecule has 0 N–H and O–H groups in total. The second kappa shape index (κ2) is 3.60. The average Bonchev–Trinajstić information content (AvgIpc) is 2.10. The van der Waals surface area contributed by atoms with Gasteiger partial charge in [-0.05, 0) is 61.7 Å². The summed E-state index contributed by atoms with van der Waals surface area (Å²) in [6.45, 7) is 0. The topological polar surface area (TPSA) is 0 Å². The molecule has 0 aromatic carbocycles. The van der Waals surface area contributed by atoms with Crippen molar-refractivity contribution in [1.82, 2.24) is 0 Å². The molecule has 0 atom stereocenters. The third-order valence-corrected chi connectivity index (χ3v) is 5.18. The maximum Gasteiger partial charge on any atom is 0.453 e. The Bertz CT molecular complexity index is 308. The molecule has 4 rings (SSSR count). The van der Waals surface area contributed by atoms with E-state index in [0.717, 1.165) is 19.3 Å². The fourth-order valence-electron chi connectivity index (χ4n) is 5.08. The third-order valence-electron chi connectivity index (χ3n) is 5.18. The summed E-state index contributed by atoms with van der Waals surface area (Å²) in [4.78, 5) is 0. The molecule has 0 saturated heterocycles.